The van der Waals surface area contributed by atoms with E-state index in [4.69, 9.17) is 15.6 Å². The summed E-state index contributed by atoms with van der Waals surface area (Å²) < 4.78 is 5.13. The van der Waals surface area contributed by atoms with E-state index in [-0.39, 0.29) is 12.1 Å². The molecule has 1 saturated carbocycles. The monoisotopic (exact) mass is 445 g/mol. The van der Waals surface area contributed by atoms with Crippen molar-refractivity contribution in [3.05, 3.63) is 54.4 Å². The van der Waals surface area contributed by atoms with Crippen LogP contribution in [0.25, 0.3) is 0 Å². The van der Waals surface area contributed by atoms with Crippen molar-refractivity contribution in [1.29, 1.82) is 0 Å². The Labute approximate surface area is 190 Å². The topological polar surface area (TPSA) is 125 Å². The molecule has 1 aromatic carbocycles. The van der Waals surface area contributed by atoms with Gasteiger partial charge < -0.3 is 20.4 Å². The number of anilines is 4. The number of carbonyl (C=O) groups excluding carboxylic acids is 1. The molecule has 1 aliphatic carbocycles. The molecule has 33 heavy (non-hydrogen) atoms. The molecule has 168 valence electrons. The van der Waals surface area contributed by atoms with Gasteiger partial charge in [0, 0.05) is 30.9 Å². The van der Waals surface area contributed by atoms with Gasteiger partial charge in [0.15, 0.2) is 5.82 Å². The molecule has 0 saturated heterocycles. The lowest BCUT2D eigenvalue weighted by molar-refractivity contribution is 0.198. The summed E-state index contributed by atoms with van der Waals surface area (Å²) >= 11 is 0. The Morgan fingerprint density at radius 3 is 2.73 bits per heavy atom. The number of aromatic nitrogens is 3. The van der Waals surface area contributed by atoms with E-state index in [9.17, 15) is 4.79 Å². The number of fused-ring (bicyclic) bond motifs is 1. The van der Waals surface area contributed by atoms with Crippen LogP contribution in [-0.2, 0) is 6.54 Å². The summed E-state index contributed by atoms with van der Waals surface area (Å²) in [6.07, 6.45) is 5.47. The standard InChI is InChI=1S/C22H23N9O2/c1-29(18-8-9-19(33-2)24-12-18)21-25-11-14-13-30(16-6-7-16)22(32)31(20(14)26-21)17-5-3-4-15(10-17)27-28-23/h3-5,8-12,16H,6-7,13H2,1-2H3,(H2,23,27). The number of nitrogens with zero attached hydrogens (tertiary/aromatic N) is 8. The van der Waals surface area contributed by atoms with Crippen molar-refractivity contribution in [3.8, 4) is 5.88 Å². The Kier molecular flexibility index (Phi) is 5.21. The Balaban J connectivity index is 1.56. The number of amides is 2. The number of ether oxygens (including phenoxy) is 1. The van der Waals surface area contributed by atoms with Gasteiger partial charge in [-0.25, -0.2) is 19.7 Å². The number of benzene rings is 1. The average molecular weight is 445 g/mol. The normalized spacial score (nSPS) is 15.6. The van der Waals surface area contributed by atoms with Gasteiger partial charge in [-0.3, -0.25) is 0 Å². The van der Waals surface area contributed by atoms with Crippen LogP contribution in [0.3, 0.4) is 0 Å². The van der Waals surface area contributed by atoms with Crippen LogP contribution < -0.4 is 20.4 Å². The molecule has 0 atom stereocenters. The summed E-state index contributed by atoms with van der Waals surface area (Å²) in [6.45, 7) is 0.478. The maximum Gasteiger partial charge on any atom is 0.330 e. The molecule has 2 aromatic heterocycles. The van der Waals surface area contributed by atoms with E-state index < -0.39 is 0 Å². The third-order valence-corrected chi connectivity index (χ3v) is 5.68. The highest BCUT2D eigenvalue weighted by Gasteiger charge is 2.41. The van der Waals surface area contributed by atoms with Gasteiger partial charge in [0.25, 0.3) is 0 Å². The number of pyridine rings is 1. The van der Waals surface area contributed by atoms with Crippen LogP contribution in [0.5, 0.6) is 5.88 Å². The predicted molar refractivity (Wildman–Crippen MR) is 122 cm³/mol. The van der Waals surface area contributed by atoms with Crippen LogP contribution >= 0.6 is 0 Å². The first kappa shape index (κ1) is 20.6. The van der Waals surface area contributed by atoms with E-state index in [1.54, 1.807) is 48.7 Å². The summed E-state index contributed by atoms with van der Waals surface area (Å²) in [5.41, 5.74) is 2.84. The van der Waals surface area contributed by atoms with E-state index in [1.165, 1.54) is 0 Å². The molecule has 2 N–H and O–H groups in total. The molecule has 1 fully saturated rings. The number of rotatable bonds is 6. The predicted octanol–water partition coefficient (Wildman–Crippen LogP) is 3.84. The summed E-state index contributed by atoms with van der Waals surface area (Å²) in [6, 6.07) is 10.9. The third kappa shape index (κ3) is 3.88. The van der Waals surface area contributed by atoms with E-state index >= 15 is 0 Å². The zero-order chi connectivity index (χ0) is 22.9. The molecule has 2 aliphatic rings. The highest BCUT2D eigenvalue weighted by atomic mass is 16.5. The summed E-state index contributed by atoms with van der Waals surface area (Å²) in [7, 11) is 3.41. The summed E-state index contributed by atoms with van der Waals surface area (Å²) in [4.78, 5) is 32.4. The smallest absolute Gasteiger partial charge is 0.330 e. The van der Waals surface area contributed by atoms with Gasteiger partial charge in [0.05, 0.1) is 36.9 Å². The molecular formula is C22H23N9O2. The molecule has 2 amide bonds. The fraction of sp³-hybridized carbons (Fsp3) is 0.273. The maximum absolute atomic E-state index is 13.5. The van der Waals surface area contributed by atoms with Gasteiger partial charge in [0.1, 0.15) is 0 Å². The Morgan fingerprint density at radius 2 is 2.03 bits per heavy atom. The number of hydrogen-bond donors (Lipinski definition) is 1. The first-order valence-corrected chi connectivity index (χ1v) is 10.5. The lowest BCUT2D eigenvalue weighted by atomic mass is 10.1. The van der Waals surface area contributed by atoms with Crippen LogP contribution in [-0.4, -0.2) is 46.1 Å². The number of hydrogen-bond acceptors (Lipinski definition) is 8. The molecule has 11 heteroatoms. The van der Waals surface area contributed by atoms with Crippen LogP contribution in [0.2, 0.25) is 0 Å². The minimum Gasteiger partial charge on any atom is -0.481 e. The highest BCUT2D eigenvalue weighted by Crippen LogP contribution is 2.40. The minimum absolute atomic E-state index is 0.120. The summed E-state index contributed by atoms with van der Waals surface area (Å²) in [5, 5.41) is 7.26. The SMILES string of the molecule is COc1ccc(N(C)c2ncc3c(n2)N(c2cccc(N=NN)c2)C(=O)N(C2CC2)C3)cn1. The van der Waals surface area contributed by atoms with Gasteiger partial charge in [0.2, 0.25) is 11.8 Å². The van der Waals surface area contributed by atoms with Crippen LogP contribution in [0, 0.1) is 0 Å². The van der Waals surface area contributed by atoms with Crippen molar-refractivity contribution in [2.45, 2.75) is 25.4 Å². The van der Waals surface area contributed by atoms with Crippen molar-refractivity contribution in [2.75, 3.05) is 24.0 Å². The van der Waals surface area contributed by atoms with E-state index in [0.717, 1.165) is 24.1 Å². The third-order valence-electron chi connectivity index (χ3n) is 5.68. The average Bonchev–Trinajstić information content (AvgIpc) is 3.69. The van der Waals surface area contributed by atoms with Crippen LogP contribution in [0.1, 0.15) is 18.4 Å². The number of methoxy groups -OCH3 is 1. The number of urea groups is 1. The second-order valence-electron chi connectivity index (χ2n) is 7.85. The molecule has 5 rings (SSSR count). The van der Waals surface area contributed by atoms with Gasteiger partial charge in [-0.05, 0) is 37.1 Å². The molecule has 0 unspecified atom stereocenters. The van der Waals surface area contributed by atoms with Gasteiger partial charge in [-0.1, -0.05) is 11.3 Å². The van der Waals surface area contributed by atoms with Gasteiger partial charge >= 0.3 is 6.03 Å². The molecule has 3 heterocycles. The highest BCUT2D eigenvalue weighted by molar-refractivity contribution is 6.01. The van der Waals surface area contributed by atoms with Crippen LogP contribution in [0.15, 0.2) is 59.1 Å². The maximum atomic E-state index is 13.5. The first-order valence-electron chi connectivity index (χ1n) is 10.5. The molecule has 1 aliphatic heterocycles. The quantitative estimate of drug-likeness (QED) is 0.347. The van der Waals surface area contributed by atoms with E-state index in [2.05, 4.69) is 20.3 Å². The lowest BCUT2D eigenvalue weighted by Crippen LogP contribution is -2.46. The zero-order valence-corrected chi connectivity index (χ0v) is 18.3. The van der Waals surface area contributed by atoms with Crippen molar-refractivity contribution in [2.24, 2.45) is 16.2 Å². The summed E-state index contributed by atoms with van der Waals surface area (Å²) in [5.74, 6) is 6.72. The Hall–Kier alpha value is -4.28. The van der Waals surface area contributed by atoms with E-state index in [0.29, 0.717) is 35.6 Å². The van der Waals surface area contributed by atoms with Crippen LogP contribution in [0.4, 0.5) is 33.6 Å². The van der Waals surface area contributed by atoms with Crippen molar-refractivity contribution in [3.63, 3.8) is 0 Å². The fourth-order valence-electron chi connectivity index (χ4n) is 3.80. The van der Waals surface area contributed by atoms with Gasteiger partial charge in [-0.15, -0.1) is 5.11 Å². The largest absolute Gasteiger partial charge is 0.481 e. The molecule has 3 aromatic rings. The second kappa shape index (κ2) is 8.34. The lowest BCUT2D eigenvalue weighted by Gasteiger charge is -2.36. The van der Waals surface area contributed by atoms with Gasteiger partial charge in [-0.2, -0.15) is 4.98 Å². The van der Waals surface area contributed by atoms with Crippen molar-refractivity contribution < 1.29 is 9.53 Å². The molecule has 0 spiro atoms. The fourth-order valence-corrected chi connectivity index (χ4v) is 3.80. The first-order chi connectivity index (χ1) is 16.1. The van der Waals surface area contributed by atoms with Crippen molar-refractivity contribution in [1.82, 2.24) is 19.9 Å². The molecule has 11 nitrogen and oxygen atoms in total. The number of nitrogens with two attached hydrogens (primary N) is 1. The molecule has 0 radical (unpaired) electrons. The number of carbonyl (C=O) groups is 1. The molecule has 0 bridgehead atoms. The Morgan fingerprint density at radius 1 is 1.18 bits per heavy atom. The Bertz CT molecular complexity index is 1210. The zero-order valence-electron chi connectivity index (χ0n) is 18.3. The molecular weight excluding hydrogens is 422 g/mol. The van der Waals surface area contributed by atoms with E-state index in [1.807, 2.05) is 29.0 Å². The minimum atomic E-state index is -0.120. The second-order valence-corrected chi connectivity index (χ2v) is 7.85. The van der Waals surface area contributed by atoms with Crippen molar-refractivity contribution >= 4 is 34.9 Å².